The van der Waals surface area contributed by atoms with E-state index in [0.29, 0.717) is 0 Å². The van der Waals surface area contributed by atoms with Crippen LogP contribution in [0.1, 0.15) is 0 Å². The van der Waals surface area contributed by atoms with Gasteiger partial charge < -0.3 is 34.0 Å². The van der Waals surface area contributed by atoms with Crippen LogP contribution in [0.25, 0.3) is 0 Å². The maximum atomic E-state index is 4.59. The fraction of sp³-hybridized carbons (Fsp3) is 1.00. The van der Waals surface area contributed by atoms with Crippen LogP contribution in [0.15, 0.2) is 0 Å². The van der Waals surface area contributed by atoms with Crippen molar-refractivity contribution in [2.45, 2.75) is 0 Å². The summed E-state index contributed by atoms with van der Waals surface area (Å²) >= 11 is -0.472. The minimum Gasteiger partial charge on any atom is -1.00 e. The smallest absolute Gasteiger partial charge is 1.00 e. The van der Waals surface area contributed by atoms with E-state index in [2.05, 4.69) is 6.64 Å². The first-order valence-electron chi connectivity index (χ1n) is 1.22. The molecular formula is C2H6Br2O2Ti. The van der Waals surface area contributed by atoms with Gasteiger partial charge in [-0.15, -0.1) is 0 Å². The molecule has 0 saturated carbocycles. The Morgan fingerprint density at radius 1 is 1.00 bits per heavy atom. The van der Waals surface area contributed by atoms with Gasteiger partial charge in [0, 0.05) is 0 Å². The number of hydrogen-bond donors (Lipinski definition) is 0. The van der Waals surface area contributed by atoms with Gasteiger partial charge in [0.1, 0.15) is 0 Å². The molecule has 2 nitrogen and oxygen atoms in total. The quantitative estimate of drug-likeness (QED) is 0.465. The summed E-state index contributed by atoms with van der Waals surface area (Å²) in [7, 11) is 3.28. The molecule has 5 heteroatoms. The van der Waals surface area contributed by atoms with Crippen molar-refractivity contribution in [3.63, 3.8) is 0 Å². The minimum absolute atomic E-state index is 0. The summed E-state index contributed by atoms with van der Waals surface area (Å²) in [4.78, 5) is 0. The number of hydrogen-bond acceptors (Lipinski definition) is 2. The van der Waals surface area contributed by atoms with Crippen LogP contribution in [-0.4, -0.2) is 14.2 Å². The molecule has 0 unspecified atom stereocenters. The molecule has 0 aliphatic rings. The zero-order valence-electron chi connectivity index (χ0n) is 4.07. The fourth-order valence-corrected chi connectivity index (χ4v) is 0.344. The molecule has 0 spiro atoms. The van der Waals surface area contributed by atoms with Gasteiger partial charge in [-0.05, 0) is 0 Å². The van der Waals surface area contributed by atoms with Crippen molar-refractivity contribution in [2.75, 3.05) is 14.2 Å². The van der Waals surface area contributed by atoms with E-state index in [1.165, 1.54) is 0 Å². The molecule has 0 aliphatic carbocycles. The van der Waals surface area contributed by atoms with Crippen molar-refractivity contribution < 1.29 is 60.5 Å². The van der Waals surface area contributed by atoms with E-state index in [0.717, 1.165) is 0 Å². The van der Waals surface area contributed by atoms with Crippen LogP contribution in [-0.2, 0) is 26.6 Å². The Morgan fingerprint density at radius 3 is 1.29 bits per heavy atom. The van der Waals surface area contributed by atoms with Gasteiger partial charge in [-0.1, -0.05) is 0 Å². The molecule has 44 valence electrons. The van der Waals surface area contributed by atoms with E-state index >= 15 is 0 Å². The van der Waals surface area contributed by atoms with Crippen LogP contribution in [0.4, 0.5) is 0 Å². The zero-order chi connectivity index (χ0) is 4.12. The molecular weight excluding hydrogens is 264 g/mol. The molecule has 0 aromatic carbocycles. The van der Waals surface area contributed by atoms with E-state index in [1.54, 1.807) is 14.2 Å². The summed E-state index contributed by atoms with van der Waals surface area (Å²) < 4.78 is 9.19. The van der Waals surface area contributed by atoms with Crippen molar-refractivity contribution in [1.82, 2.24) is 0 Å². The molecule has 0 bridgehead atoms. The van der Waals surface area contributed by atoms with E-state index in [-0.39, 0.29) is 34.0 Å². The Hall–Kier alpha value is 1.59. The van der Waals surface area contributed by atoms with Crippen molar-refractivity contribution in [3.8, 4) is 0 Å². The van der Waals surface area contributed by atoms with Gasteiger partial charge in [0.2, 0.25) is 0 Å². The number of halogens is 2. The Bertz CT molecular complexity index is 21.2. The molecule has 0 N–H and O–H groups in total. The van der Waals surface area contributed by atoms with Crippen LogP contribution in [0, 0.1) is 0 Å². The Balaban J connectivity index is -0.0000000800. The predicted octanol–water partition coefficient (Wildman–Crippen LogP) is -5.80. The molecule has 0 atom stereocenters. The van der Waals surface area contributed by atoms with Gasteiger partial charge in [0.15, 0.2) is 0 Å². The van der Waals surface area contributed by atoms with Gasteiger partial charge in [-0.2, -0.15) is 0 Å². The summed E-state index contributed by atoms with van der Waals surface area (Å²) in [5.74, 6) is 0. The third-order valence-corrected chi connectivity index (χ3v) is 0.687. The van der Waals surface area contributed by atoms with Crippen LogP contribution in [0.3, 0.4) is 0 Å². The summed E-state index contributed by atoms with van der Waals surface area (Å²) in [6.45, 7) is 0. The summed E-state index contributed by atoms with van der Waals surface area (Å²) in [5, 5.41) is 0. The predicted molar refractivity (Wildman–Crippen MR) is 14.0 cm³/mol. The molecule has 0 amide bonds. The fourth-order valence-electron chi connectivity index (χ4n) is 0.0833. The molecule has 7 heavy (non-hydrogen) atoms. The van der Waals surface area contributed by atoms with Crippen LogP contribution >= 0.6 is 0 Å². The van der Waals surface area contributed by atoms with Gasteiger partial charge in [0.05, 0.1) is 0 Å². The first-order valence-corrected chi connectivity index (χ1v) is 2.50. The minimum atomic E-state index is -0.472. The molecule has 0 fully saturated rings. The maximum Gasteiger partial charge on any atom is -1.00 e. The normalized spacial score (nSPS) is 4.86. The van der Waals surface area contributed by atoms with Crippen molar-refractivity contribution >= 4 is 0 Å². The summed E-state index contributed by atoms with van der Waals surface area (Å²) in [6.07, 6.45) is 0. The Morgan fingerprint density at radius 2 is 1.29 bits per heavy atom. The Labute approximate surface area is 74.4 Å². The third-order valence-electron chi connectivity index (χ3n) is 0.167. The zero-order valence-corrected chi connectivity index (χ0v) is 8.81. The van der Waals surface area contributed by atoms with Crippen molar-refractivity contribution in [1.29, 1.82) is 0 Å². The van der Waals surface area contributed by atoms with E-state index < -0.39 is 19.9 Å². The topological polar surface area (TPSA) is 18.5 Å². The van der Waals surface area contributed by atoms with Crippen LogP contribution in [0.2, 0.25) is 0 Å². The van der Waals surface area contributed by atoms with Crippen LogP contribution < -0.4 is 34.0 Å². The molecule has 0 heterocycles. The average Bonchev–Trinajstić information content (AvgIpc) is 1.41. The van der Waals surface area contributed by atoms with Gasteiger partial charge in [0.25, 0.3) is 0 Å². The average molecular weight is 270 g/mol. The standard InChI is InChI=1S/2CH3O.2BrH.Ti/c2*1-2;;;/h2*1H3;2*1H;/q2*-1;;;+4/p-2. The molecule has 0 aromatic rings. The number of rotatable bonds is 2. The molecule has 0 saturated heterocycles. The maximum absolute atomic E-state index is 4.59. The second-order valence-corrected chi connectivity index (χ2v) is 2.03. The largest absolute Gasteiger partial charge is 1.00 e. The van der Waals surface area contributed by atoms with Crippen LogP contribution in [0.5, 0.6) is 0 Å². The summed E-state index contributed by atoms with van der Waals surface area (Å²) in [6, 6.07) is 0. The van der Waals surface area contributed by atoms with E-state index in [4.69, 9.17) is 0 Å². The SMILES string of the molecule is C[O][Ti+2][O]C.[Br-].[Br-]. The molecule has 0 radical (unpaired) electrons. The first-order chi connectivity index (χ1) is 2.41. The molecule has 0 rings (SSSR count). The van der Waals surface area contributed by atoms with E-state index in [1.807, 2.05) is 0 Å². The van der Waals surface area contributed by atoms with E-state index in [9.17, 15) is 0 Å². The van der Waals surface area contributed by atoms with Gasteiger partial charge in [-0.25, -0.2) is 0 Å². The van der Waals surface area contributed by atoms with Crippen molar-refractivity contribution in [2.24, 2.45) is 0 Å². The van der Waals surface area contributed by atoms with Gasteiger partial charge >= 0.3 is 40.8 Å². The molecule has 0 aromatic heterocycles. The second-order valence-electron chi connectivity index (χ2n) is 0.492. The molecule has 0 aliphatic heterocycles. The van der Waals surface area contributed by atoms with Gasteiger partial charge in [-0.3, -0.25) is 0 Å². The first kappa shape index (κ1) is 15.8. The second kappa shape index (κ2) is 15.6. The Kier molecular flexibility index (Phi) is 35.4. The van der Waals surface area contributed by atoms with Crippen molar-refractivity contribution in [3.05, 3.63) is 0 Å². The summed E-state index contributed by atoms with van der Waals surface area (Å²) in [5.41, 5.74) is 0. The monoisotopic (exact) mass is 268 g/mol. The third kappa shape index (κ3) is 18.4.